The number of benzene rings is 10. The van der Waals surface area contributed by atoms with Gasteiger partial charge < -0.3 is 0 Å². The summed E-state index contributed by atoms with van der Waals surface area (Å²) in [5.41, 5.74) is 40.1. The van der Waals surface area contributed by atoms with E-state index in [0.717, 1.165) is 28.2 Å². The summed E-state index contributed by atoms with van der Waals surface area (Å²) in [6, 6.07) is 64.5. The van der Waals surface area contributed by atoms with Crippen molar-refractivity contribution in [3.63, 3.8) is 0 Å². The van der Waals surface area contributed by atoms with Crippen LogP contribution in [0.1, 0.15) is 370 Å². The summed E-state index contributed by atoms with van der Waals surface area (Å²) >= 11 is 0. The number of alkyl halides is 6. The van der Waals surface area contributed by atoms with Crippen LogP contribution in [-0.2, 0) is 37.9 Å². The van der Waals surface area contributed by atoms with Gasteiger partial charge in [-0.15, -0.1) is 0 Å². The lowest BCUT2D eigenvalue weighted by Crippen LogP contribution is -2.51. The van der Waals surface area contributed by atoms with Crippen LogP contribution in [0.25, 0.3) is 44.5 Å². The predicted octanol–water partition coefficient (Wildman–Crippen LogP) is 37.5. The molecule has 12 rings (SSSR count). The quantitative estimate of drug-likeness (QED) is 0.140. The van der Waals surface area contributed by atoms with E-state index in [4.69, 9.17) is 0 Å². The summed E-state index contributed by atoms with van der Waals surface area (Å²) in [5, 5.41) is 0. The molecule has 126 heavy (non-hydrogen) atoms. The Bertz CT molecular complexity index is 5300. The second-order valence-corrected chi connectivity index (χ2v) is 45.9. The van der Waals surface area contributed by atoms with Gasteiger partial charge in [0.1, 0.15) is 0 Å². The molecule has 0 N–H and O–H groups in total. The molecule has 0 atom stereocenters. The Morgan fingerprint density at radius 1 is 0.254 bits per heavy atom. The van der Waals surface area contributed by atoms with Crippen LogP contribution < -0.4 is 0 Å². The average Bonchev–Trinajstić information content (AvgIpc) is 0.740. The molecular formula is C120H162F6. The lowest BCUT2D eigenvalue weighted by atomic mass is 9.67. The molecule has 0 bridgehead atoms. The predicted molar refractivity (Wildman–Crippen MR) is 538 cm³/mol. The van der Waals surface area contributed by atoms with Gasteiger partial charge >= 0.3 is 12.4 Å². The van der Waals surface area contributed by atoms with Gasteiger partial charge in [-0.25, -0.2) is 0 Å². The fourth-order valence-electron chi connectivity index (χ4n) is 19.1. The van der Waals surface area contributed by atoms with E-state index in [-0.39, 0.29) is 56.7 Å². The van der Waals surface area contributed by atoms with Crippen molar-refractivity contribution in [3.05, 3.63) is 304 Å². The van der Waals surface area contributed by atoms with Crippen LogP contribution in [0.2, 0.25) is 0 Å². The monoisotopic (exact) mass is 1720 g/mol. The molecule has 0 aromatic heterocycles. The molecule has 0 heterocycles. The normalized spacial score (nSPS) is 14.9. The number of hydrogen-bond donors (Lipinski definition) is 0. The van der Waals surface area contributed by atoms with Crippen molar-refractivity contribution in [1.82, 2.24) is 0 Å². The minimum atomic E-state index is -5.27. The summed E-state index contributed by atoms with van der Waals surface area (Å²) in [5.74, 6) is 1.05. The van der Waals surface area contributed by atoms with Crippen LogP contribution in [0.15, 0.2) is 176 Å². The molecule has 0 nitrogen and oxygen atoms in total. The van der Waals surface area contributed by atoms with Gasteiger partial charge in [0.2, 0.25) is 0 Å². The van der Waals surface area contributed by atoms with Gasteiger partial charge in [0.05, 0.1) is 0 Å². The second kappa shape index (κ2) is 40.4. The Hall–Kier alpha value is -8.22. The van der Waals surface area contributed by atoms with E-state index < -0.39 is 30.6 Å². The van der Waals surface area contributed by atoms with Gasteiger partial charge in [-0.3, -0.25) is 0 Å². The molecular weight excluding hydrogens is 1560 g/mol. The van der Waals surface area contributed by atoms with Crippen molar-refractivity contribution in [2.24, 2.45) is 10.8 Å². The van der Waals surface area contributed by atoms with Gasteiger partial charge in [0.25, 0.3) is 0 Å². The average molecular weight is 1720 g/mol. The molecule has 684 valence electrons. The minimum absolute atomic E-state index is 0.106. The van der Waals surface area contributed by atoms with Gasteiger partial charge in [-0.2, -0.15) is 26.3 Å². The molecule has 10 aromatic carbocycles. The van der Waals surface area contributed by atoms with E-state index >= 15 is 0 Å². The van der Waals surface area contributed by atoms with Crippen molar-refractivity contribution in [2.45, 2.75) is 382 Å². The molecule has 10 aromatic rings. The van der Waals surface area contributed by atoms with Gasteiger partial charge in [-0.1, -0.05) is 349 Å². The first-order valence-corrected chi connectivity index (χ1v) is 46.8. The number of aryl methyl sites for hydroxylation is 7. The van der Waals surface area contributed by atoms with Crippen LogP contribution in [-0.4, -0.2) is 12.4 Å². The highest BCUT2D eigenvalue weighted by Gasteiger charge is 2.70. The van der Waals surface area contributed by atoms with Crippen molar-refractivity contribution < 1.29 is 26.3 Å². The van der Waals surface area contributed by atoms with Crippen LogP contribution >= 0.6 is 0 Å². The molecule has 2 aliphatic carbocycles. The highest BCUT2D eigenvalue weighted by molar-refractivity contribution is 5.74. The Kier molecular flexibility index (Phi) is 33.6. The Morgan fingerprint density at radius 3 is 0.849 bits per heavy atom. The summed E-state index contributed by atoms with van der Waals surface area (Å²) in [7, 11) is 0. The zero-order valence-corrected chi connectivity index (χ0v) is 85.4. The van der Waals surface area contributed by atoms with E-state index in [2.05, 4.69) is 413 Å². The van der Waals surface area contributed by atoms with E-state index in [1.165, 1.54) is 170 Å². The lowest BCUT2D eigenvalue weighted by Gasteiger charge is -2.42. The van der Waals surface area contributed by atoms with E-state index in [0.29, 0.717) is 11.3 Å². The molecule has 6 heteroatoms. The summed E-state index contributed by atoms with van der Waals surface area (Å²) in [6.07, 6.45) is -7.09. The van der Waals surface area contributed by atoms with Crippen molar-refractivity contribution in [2.75, 3.05) is 0 Å². The standard InChI is InChI=1S/C22H30.C21H28.C20H26F6.C20H32.C19H24.C18H22/c1-15-13-17(14-20(16(15)2)22(6,7)8)18-11-9-10-12-19(18)21(3,4)5;1-14(2)18-10-8-9-11-19(18)17-12-15(3)16(4)20(13-17)21(5,6)7;1-12-10-15(11-16(13(12)2)17(3,4)5)14-6-8-18(9-7-14,19(21,22)23)20(24,25)26;1-14-12-17(13-18(15(14)2)19(3,4)5)16-8-10-20(6,7)11-9-16;1-13-9-7-8-10-17(13)16-11-14(2)15(3)18(12-16)19(4,5)6;1-13-11-16(15-9-7-6-8-10-15)12-17(14(13)2)18(3,4)5/h9-14H,1-8H3;8-14H,1-7H3;10-11,14H,6-9H2,1-5H3;12-13,16H,8-11H2,1-7H3;7-12H,1-6H3;6-12H,1-5H3. The number of rotatable bonds is 7. The summed E-state index contributed by atoms with van der Waals surface area (Å²) in [6.45, 7) is 85.4. The molecule has 0 saturated heterocycles. The molecule has 0 unspecified atom stereocenters. The van der Waals surface area contributed by atoms with Crippen molar-refractivity contribution in [3.8, 4) is 44.5 Å². The van der Waals surface area contributed by atoms with Crippen LogP contribution in [0.3, 0.4) is 0 Å². The molecule has 2 fully saturated rings. The molecule has 0 radical (unpaired) electrons. The number of halogens is 6. The maximum atomic E-state index is 13.2. The van der Waals surface area contributed by atoms with Gasteiger partial charge in [0, 0.05) is 0 Å². The Balaban J connectivity index is 0.000000208. The van der Waals surface area contributed by atoms with Crippen LogP contribution in [0.4, 0.5) is 26.3 Å². The Morgan fingerprint density at radius 2 is 0.516 bits per heavy atom. The third kappa shape index (κ3) is 26.3. The van der Waals surface area contributed by atoms with Crippen LogP contribution in [0.5, 0.6) is 0 Å². The molecule has 0 aliphatic heterocycles. The minimum Gasteiger partial charge on any atom is -0.170 e. The molecule has 2 aliphatic rings. The zero-order valence-electron chi connectivity index (χ0n) is 85.4. The first-order chi connectivity index (χ1) is 57.6. The second-order valence-electron chi connectivity index (χ2n) is 45.9. The summed E-state index contributed by atoms with van der Waals surface area (Å²) < 4.78 is 79.4. The first kappa shape index (κ1) is 105. The maximum absolute atomic E-state index is 13.2. The SMILES string of the molecule is Cc1cc(-c2ccccc2)cc(C(C)(C)C)c1C.Cc1cc(-c2ccccc2C(C)(C)C)cc(C(C)(C)C)c1C.Cc1cc(-c2ccccc2C(C)C)cc(C(C)(C)C)c1C.Cc1cc(C2CCC(C(F)(F)F)(C(F)(F)F)CC2)cc(C(C)(C)C)c1C.Cc1cc(C2CCC(C)(C)CC2)cc(C(C)(C)C)c1C.Cc1ccccc1-c1cc(C)c(C)c(C(C)(C)C)c1. The zero-order chi connectivity index (χ0) is 95.3. The van der Waals surface area contributed by atoms with E-state index in [9.17, 15) is 26.3 Å². The molecule has 0 spiro atoms. The highest BCUT2D eigenvalue weighted by Crippen LogP contribution is 2.61. The van der Waals surface area contributed by atoms with E-state index in [1.807, 2.05) is 26.0 Å². The fourth-order valence-corrected chi connectivity index (χ4v) is 19.1. The third-order valence-electron chi connectivity index (χ3n) is 27.6. The van der Waals surface area contributed by atoms with Crippen LogP contribution in [0, 0.1) is 101 Å². The molecule has 0 amide bonds. The maximum Gasteiger partial charge on any atom is 0.403 e. The van der Waals surface area contributed by atoms with Gasteiger partial charge in [-0.05, 0) is 375 Å². The lowest BCUT2D eigenvalue weighted by molar-refractivity contribution is -0.350. The topological polar surface area (TPSA) is 0 Å². The highest BCUT2D eigenvalue weighted by atomic mass is 19.4. The first-order valence-electron chi connectivity index (χ1n) is 46.8. The fraction of sp³-hybridized carbons (Fsp3) is 0.500. The van der Waals surface area contributed by atoms with Crippen molar-refractivity contribution >= 4 is 0 Å². The third-order valence-corrected chi connectivity index (χ3v) is 27.6. The smallest absolute Gasteiger partial charge is 0.170 e. The Labute approximate surface area is 763 Å². The number of hydrogen-bond acceptors (Lipinski definition) is 0. The summed E-state index contributed by atoms with van der Waals surface area (Å²) in [4.78, 5) is 0. The molecule has 2 saturated carbocycles. The van der Waals surface area contributed by atoms with Gasteiger partial charge in [0.15, 0.2) is 5.41 Å². The van der Waals surface area contributed by atoms with E-state index in [1.54, 1.807) is 5.56 Å². The van der Waals surface area contributed by atoms with Crippen molar-refractivity contribution in [1.29, 1.82) is 0 Å². The largest absolute Gasteiger partial charge is 0.403 e.